The van der Waals surface area contributed by atoms with E-state index >= 15 is 0 Å². The molecule has 2 saturated heterocycles. The quantitative estimate of drug-likeness (QED) is 0.866. The molecule has 0 aliphatic carbocycles. The van der Waals surface area contributed by atoms with Gasteiger partial charge in [-0.1, -0.05) is 26.8 Å². The van der Waals surface area contributed by atoms with Gasteiger partial charge in [0.05, 0.1) is 18.8 Å². The summed E-state index contributed by atoms with van der Waals surface area (Å²) >= 11 is 0. The number of carbonyl (C=O) groups excluding carboxylic acids is 1. The number of primary amides is 1. The van der Waals surface area contributed by atoms with Gasteiger partial charge in [-0.25, -0.2) is 0 Å². The average molecular weight is 373 g/mol. The maximum absolute atomic E-state index is 11.5. The van der Waals surface area contributed by atoms with Crippen LogP contribution in [0.5, 0.6) is 5.75 Å². The molecule has 1 aromatic carbocycles. The second-order valence-electron chi connectivity index (χ2n) is 9.94. The summed E-state index contributed by atoms with van der Waals surface area (Å²) in [6.45, 7) is 12.2. The Labute approximate surface area is 162 Å². The van der Waals surface area contributed by atoms with Crippen LogP contribution in [-0.2, 0) is 14.9 Å². The van der Waals surface area contributed by atoms with Crippen molar-refractivity contribution in [2.75, 3.05) is 13.1 Å². The molecule has 5 heteroatoms. The number of fused-ring (bicyclic) bond motifs is 4. The molecule has 1 amide bonds. The Bertz CT molecular complexity index is 752. The lowest BCUT2D eigenvalue weighted by Gasteiger charge is -2.51. The Morgan fingerprint density at radius 2 is 2.07 bits per heavy atom. The standard InChI is InChI=1S/C22H32N2O3/c1-21(2,3)13-6-7-17-14(10-13)20-15(22(4,5)27-17)11-16-18(26-20)8-9-24(16)12-19(23)25/h6-7,10,15-16,18,20H,8-9,11-12H2,1-5H3,(H2,23,25)/t15-,16-,18-,20+/m1/s1. The van der Waals surface area contributed by atoms with Crippen molar-refractivity contribution in [3.63, 3.8) is 0 Å². The molecule has 0 unspecified atom stereocenters. The molecule has 3 aliphatic heterocycles. The van der Waals surface area contributed by atoms with Gasteiger partial charge < -0.3 is 15.2 Å². The van der Waals surface area contributed by atoms with Crippen molar-refractivity contribution >= 4 is 5.91 Å². The van der Waals surface area contributed by atoms with Crippen molar-refractivity contribution in [2.45, 2.75) is 76.7 Å². The summed E-state index contributed by atoms with van der Waals surface area (Å²) < 4.78 is 13.1. The molecule has 0 aromatic heterocycles. The first kappa shape index (κ1) is 18.8. The van der Waals surface area contributed by atoms with Gasteiger partial charge in [0.1, 0.15) is 11.4 Å². The van der Waals surface area contributed by atoms with Crippen LogP contribution < -0.4 is 10.5 Å². The smallest absolute Gasteiger partial charge is 0.231 e. The molecule has 27 heavy (non-hydrogen) atoms. The third-order valence-electron chi connectivity index (χ3n) is 6.59. The normalized spacial score (nSPS) is 32.2. The lowest BCUT2D eigenvalue weighted by Crippen LogP contribution is -2.54. The van der Waals surface area contributed by atoms with Crippen molar-refractivity contribution in [3.8, 4) is 5.75 Å². The van der Waals surface area contributed by atoms with Crippen LogP contribution in [-0.4, -0.2) is 41.6 Å². The van der Waals surface area contributed by atoms with Gasteiger partial charge in [0.15, 0.2) is 0 Å². The number of benzene rings is 1. The van der Waals surface area contributed by atoms with Gasteiger partial charge in [-0.3, -0.25) is 9.69 Å². The average Bonchev–Trinajstić information content (AvgIpc) is 2.93. The Morgan fingerprint density at radius 3 is 2.74 bits per heavy atom. The number of hydrogen-bond acceptors (Lipinski definition) is 4. The van der Waals surface area contributed by atoms with Gasteiger partial charge in [0, 0.05) is 24.1 Å². The van der Waals surface area contributed by atoms with Crippen molar-refractivity contribution in [1.82, 2.24) is 4.90 Å². The summed E-state index contributed by atoms with van der Waals surface area (Å²) in [5.41, 5.74) is 7.71. The maximum Gasteiger partial charge on any atom is 0.231 e. The van der Waals surface area contributed by atoms with Gasteiger partial charge >= 0.3 is 0 Å². The summed E-state index contributed by atoms with van der Waals surface area (Å²) in [4.78, 5) is 13.6. The fourth-order valence-corrected chi connectivity index (χ4v) is 5.04. The molecule has 1 aromatic rings. The molecule has 0 spiro atoms. The molecule has 4 rings (SSSR count). The van der Waals surface area contributed by atoms with Crippen LogP contribution >= 0.6 is 0 Å². The van der Waals surface area contributed by atoms with Crippen molar-refractivity contribution in [2.24, 2.45) is 11.7 Å². The monoisotopic (exact) mass is 372 g/mol. The van der Waals surface area contributed by atoms with Crippen LogP contribution in [0.15, 0.2) is 18.2 Å². The van der Waals surface area contributed by atoms with Crippen LogP contribution in [0.4, 0.5) is 0 Å². The number of nitrogens with two attached hydrogens (primary N) is 1. The van der Waals surface area contributed by atoms with E-state index in [4.69, 9.17) is 15.2 Å². The number of hydrogen-bond donors (Lipinski definition) is 1. The highest BCUT2D eigenvalue weighted by molar-refractivity contribution is 5.76. The predicted molar refractivity (Wildman–Crippen MR) is 105 cm³/mol. The van der Waals surface area contributed by atoms with E-state index in [1.807, 2.05) is 0 Å². The van der Waals surface area contributed by atoms with Gasteiger partial charge in [-0.2, -0.15) is 0 Å². The Kier molecular flexibility index (Phi) is 4.32. The topological polar surface area (TPSA) is 64.8 Å². The number of carbonyl (C=O) groups is 1. The fourth-order valence-electron chi connectivity index (χ4n) is 5.04. The lowest BCUT2D eigenvalue weighted by molar-refractivity contribution is -0.162. The molecule has 2 N–H and O–H groups in total. The van der Waals surface area contributed by atoms with E-state index in [0.29, 0.717) is 6.54 Å². The maximum atomic E-state index is 11.5. The second kappa shape index (κ2) is 6.21. The number of amides is 1. The Balaban J connectivity index is 1.68. The largest absolute Gasteiger partial charge is 0.487 e. The molecule has 148 valence electrons. The van der Waals surface area contributed by atoms with Gasteiger partial charge in [-0.15, -0.1) is 0 Å². The van der Waals surface area contributed by atoms with E-state index in [-0.39, 0.29) is 41.1 Å². The highest BCUT2D eigenvalue weighted by Gasteiger charge is 2.53. The highest BCUT2D eigenvalue weighted by atomic mass is 16.5. The Morgan fingerprint density at radius 1 is 1.33 bits per heavy atom. The molecule has 0 saturated carbocycles. The van der Waals surface area contributed by atoms with E-state index in [0.717, 1.165) is 25.1 Å². The minimum Gasteiger partial charge on any atom is -0.487 e. The molecule has 0 radical (unpaired) electrons. The van der Waals surface area contributed by atoms with Crippen molar-refractivity contribution < 1.29 is 14.3 Å². The summed E-state index contributed by atoms with van der Waals surface area (Å²) in [5, 5.41) is 0. The first-order valence-electron chi connectivity index (χ1n) is 10.1. The van der Waals surface area contributed by atoms with Crippen LogP contribution in [0.3, 0.4) is 0 Å². The van der Waals surface area contributed by atoms with Crippen LogP contribution in [0.1, 0.15) is 64.7 Å². The minimum absolute atomic E-state index is 0.0424. The molecular formula is C22H32N2O3. The van der Waals surface area contributed by atoms with Crippen molar-refractivity contribution in [1.29, 1.82) is 0 Å². The molecule has 0 bridgehead atoms. The highest BCUT2D eigenvalue weighted by Crippen LogP contribution is 2.53. The zero-order chi connectivity index (χ0) is 19.6. The molecule has 5 nitrogen and oxygen atoms in total. The Hall–Kier alpha value is -1.59. The number of ether oxygens (including phenoxy) is 2. The molecule has 3 aliphatic rings. The third kappa shape index (κ3) is 3.25. The van der Waals surface area contributed by atoms with Crippen LogP contribution in [0.2, 0.25) is 0 Å². The van der Waals surface area contributed by atoms with E-state index in [9.17, 15) is 4.79 Å². The van der Waals surface area contributed by atoms with Gasteiger partial charge in [-0.05, 0) is 49.8 Å². The summed E-state index contributed by atoms with van der Waals surface area (Å²) in [6.07, 6.45) is 2.12. The third-order valence-corrected chi connectivity index (χ3v) is 6.59. The van der Waals surface area contributed by atoms with Crippen molar-refractivity contribution in [3.05, 3.63) is 29.3 Å². The summed E-state index contributed by atoms with van der Waals surface area (Å²) in [6, 6.07) is 6.80. The van der Waals surface area contributed by atoms with E-state index < -0.39 is 0 Å². The molecule has 2 fully saturated rings. The SMILES string of the molecule is CC(C)(C)c1ccc2c(c1)[C@@H]1O[C@@H]3CCN(CC(N)=O)[C@@H]3C[C@H]1C(C)(C)O2. The van der Waals surface area contributed by atoms with E-state index in [1.165, 1.54) is 11.1 Å². The number of nitrogens with zero attached hydrogens (tertiary/aromatic N) is 1. The fraction of sp³-hybridized carbons (Fsp3) is 0.682. The molecular weight excluding hydrogens is 340 g/mol. The number of likely N-dealkylation sites (tertiary alicyclic amines) is 1. The molecule has 4 atom stereocenters. The minimum atomic E-state index is -0.313. The van der Waals surface area contributed by atoms with Crippen LogP contribution in [0.25, 0.3) is 0 Å². The van der Waals surface area contributed by atoms with E-state index in [2.05, 4.69) is 57.7 Å². The zero-order valence-electron chi connectivity index (χ0n) is 17.1. The lowest BCUT2D eigenvalue weighted by atomic mass is 9.73. The predicted octanol–water partition coefficient (Wildman–Crippen LogP) is 3.16. The summed E-state index contributed by atoms with van der Waals surface area (Å²) in [7, 11) is 0. The summed E-state index contributed by atoms with van der Waals surface area (Å²) in [5.74, 6) is 0.923. The van der Waals surface area contributed by atoms with Gasteiger partial charge in [0.2, 0.25) is 5.91 Å². The van der Waals surface area contributed by atoms with Crippen LogP contribution in [0, 0.1) is 5.92 Å². The molecule has 3 heterocycles. The zero-order valence-corrected chi connectivity index (χ0v) is 17.1. The van der Waals surface area contributed by atoms with Gasteiger partial charge in [0.25, 0.3) is 0 Å². The van der Waals surface area contributed by atoms with E-state index in [1.54, 1.807) is 0 Å². The number of rotatable bonds is 2. The second-order valence-corrected chi connectivity index (χ2v) is 9.94. The first-order valence-corrected chi connectivity index (χ1v) is 10.1. The first-order chi connectivity index (χ1) is 12.6.